The van der Waals surface area contributed by atoms with E-state index in [9.17, 15) is 9.59 Å². The van der Waals surface area contributed by atoms with Crippen LogP contribution in [-0.4, -0.2) is 60.5 Å². The van der Waals surface area contributed by atoms with E-state index in [4.69, 9.17) is 0 Å². The van der Waals surface area contributed by atoms with Crippen molar-refractivity contribution in [2.45, 2.75) is 37.4 Å². The average molecular weight is 342 g/mol. The van der Waals surface area contributed by atoms with Gasteiger partial charge in [0.1, 0.15) is 5.66 Å². The molecule has 25 heavy (non-hydrogen) atoms. The van der Waals surface area contributed by atoms with Crippen LogP contribution in [0.5, 0.6) is 0 Å². The number of anilines is 1. The molecular formula is C19H26N4O2. The highest BCUT2D eigenvalue weighted by Crippen LogP contribution is 2.35. The van der Waals surface area contributed by atoms with Crippen molar-refractivity contribution in [3.05, 3.63) is 29.8 Å². The Bertz CT molecular complexity index is 688. The third-order valence-corrected chi connectivity index (χ3v) is 6.02. The molecule has 6 heteroatoms. The minimum Gasteiger partial charge on any atom is -0.362 e. The summed E-state index contributed by atoms with van der Waals surface area (Å²) in [6, 6.07) is 8.14. The Morgan fingerprint density at radius 2 is 1.84 bits per heavy atom. The maximum Gasteiger partial charge on any atom is 0.255 e. The molecule has 2 N–H and O–H groups in total. The van der Waals surface area contributed by atoms with Gasteiger partial charge in [0.25, 0.3) is 5.91 Å². The summed E-state index contributed by atoms with van der Waals surface area (Å²) in [6.45, 7) is 1.38. The second kappa shape index (κ2) is 6.02. The highest BCUT2D eigenvalue weighted by atomic mass is 16.2. The topological polar surface area (TPSA) is 64.7 Å². The third kappa shape index (κ3) is 2.88. The highest BCUT2D eigenvalue weighted by Gasteiger charge is 2.43. The van der Waals surface area contributed by atoms with Gasteiger partial charge >= 0.3 is 0 Å². The molecule has 1 saturated heterocycles. The van der Waals surface area contributed by atoms with Crippen LogP contribution in [0.15, 0.2) is 24.3 Å². The molecule has 2 fully saturated rings. The maximum absolute atomic E-state index is 12.7. The normalized spacial score (nSPS) is 27.3. The van der Waals surface area contributed by atoms with Crippen LogP contribution in [0.25, 0.3) is 0 Å². The zero-order chi connectivity index (χ0) is 17.6. The van der Waals surface area contributed by atoms with Gasteiger partial charge in [-0.1, -0.05) is 12.1 Å². The molecule has 6 nitrogen and oxygen atoms in total. The first kappa shape index (κ1) is 16.4. The van der Waals surface area contributed by atoms with E-state index in [0.29, 0.717) is 24.7 Å². The largest absolute Gasteiger partial charge is 0.362 e. The lowest BCUT2D eigenvalue weighted by Crippen LogP contribution is -2.63. The molecule has 1 aromatic rings. The Balaban J connectivity index is 1.38. The van der Waals surface area contributed by atoms with Gasteiger partial charge in [-0.05, 0) is 39.1 Å². The number of piperidine rings is 1. The van der Waals surface area contributed by atoms with Crippen LogP contribution in [0.3, 0.4) is 0 Å². The third-order valence-electron chi connectivity index (χ3n) is 6.02. The molecule has 0 bridgehead atoms. The molecule has 1 spiro atoms. The maximum atomic E-state index is 12.7. The number of nitrogens with one attached hydrogen (secondary N) is 2. The van der Waals surface area contributed by atoms with Crippen molar-refractivity contribution in [3.8, 4) is 0 Å². The summed E-state index contributed by atoms with van der Waals surface area (Å²) in [4.78, 5) is 29.3. The van der Waals surface area contributed by atoms with E-state index in [2.05, 4.69) is 29.6 Å². The molecule has 134 valence electrons. The molecule has 2 heterocycles. The summed E-state index contributed by atoms with van der Waals surface area (Å²) in [6.07, 6.45) is 3.41. The number of benzene rings is 1. The van der Waals surface area contributed by atoms with Gasteiger partial charge in [0.05, 0.1) is 5.56 Å². The number of fused-ring (bicyclic) bond motifs is 1. The molecule has 2 amide bonds. The minimum atomic E-state index is -0.423. The number of carbonyl (C=O) groups is 2. The van der Waals surface area contributed by atoms with Gasteiger partial charge in [-0.2, -0.15) is 0 Å². The number of likely N-dealkylation sites (tertiary alicyclic amines) is 1. The molecule has 4 rings (SSSR count). The summed E-state index contributed by atoms with van der Waals surface area (Å²) in [7, 11) is 4.15. The van der Waals surface area contributed by atoms with E-state index < -0.39 is 5.66 Å². The molecule has 0 unspecified atom stereocenters. The van der Waals surface area contributed by atoms with Crippen molar-refractivity contribution >= 4 is 17.5 Å². The minimum absolute atomic E-state index is 0.0260. The van der Waals surface area contributed by atoms with Crippen molar-refractivity contribution in [2.75, 3.05) is 32.5 Å². The van der Waals surface area contributed by atoms with Crippen LogP contribution in [0.1, 0.15) is 36.0 Å². The summed E-state index contributed by atoms with van der Waals surface area (Å²) >= 11 is 0. The predicted molar refractivity (Wildman–Crippen MR) is 96.3 cm³/mol. The zero-order valence-electron chi connectivity index (χ0n) is 14.9. The van der Waals surface area contributed by atoms with Crippen molar-refractivity contribution < 1.29 is 9.59 Å². The molecule has 0 aromatic heterocycles. The van der Waals surface area contributed by atoms with Crippen molar-refractivity contribution in [2.24, 2.45) is 5.92 Å². The van der Waals surface area contributed by atoms with Gasteiger partial charge in [0, 0.05) is 43.6 Å². The van der Waals surface area contributed by atoms with Crippen LogP contribution in [0.2, 0.25) is 0 Å². The Labute approximate surface area is 148 Å². The average Bonchev–Trinajstić information content (AvgIpc) is 2.53. The van der Waals surface area contributed by atoms with Gasteiger partial charge < -0.3 is 20.4 Å². The molecule has 1 aliphatic carbocycles. The fourth-order valence-corrected chi connectivity index (χ4v) is 4.19. The van der Waals surface area contributed by atoms with Crippen LogP contribution in [0, 0.1) is 5.92 Å². The first-order valence-corrected chi connectivity index (χ1v) is 9.12. The Morgan fingerprint density at radius 1 is 1.16 bits per heavy atom. The monoisotopic (exact) mass is 342 g/mol. The lowest BCUT2D eigenvalue weighted by Gasteiger charge is -2.47. The summed E-state index contributed by atoms with van der Waals surface area (Å²) in [5.74, 6) is 0.438. The molecule has 1 aromatic carbocycles. The standard InChI is InChI=1S/C19H26N4O2/c1-22(2)14-11-13(12-14)18(25)23-9-7-19(8-10-23)20-16-6-4-3-5-15(16)17(24)21-19/h3-6,13-14,20H,7-12H2,1-2H3,(H,21,24). The SMILES string of the molecule is CN(C)C1CC(C(=O)N2CCC3(CC2)NC(=O)c2ccccc2N3)C1. The second-order valence-corrected chi connectivity index (χ2v) is 7.82. The molecule has 0 atom stereocenters. The predicted octanol–water partition coefficient (Wildman–Crippen LogP) is 1.50. The van der Waals surface area contributed by atoms with E-state index in [-0.39, 0.29) is 17.7 Å². The van der Waals surface area contributed by atoms with Crippen LogP contribution in [0.4, 0.5) is 5.69 Å². The van der Waals surface area contributed by atoms with Gasteiger partial charge in [-0.3, -0.25) is 9.59 Å². The van der Waals surface area contributed by atoms with Gasteiger partial charge in [-0.15, -0.1) is 0 Å². The van der Waals surface area contributed by atoms with E-state index in [0.717, 1.165) is 31.4 Å². The number of amides is 2. The summed E-state index contributed by atoms with van der Waals surface area (Å²) in [5.41, 5.74) is 1.16. The van der Waals surface area contributed by atoms with Crippen molar-refractivity contribution in [1.29, 1.82) is 0 Å². The quantitative estimate of drug-likeness (QED) is 0.855. The first-order chi connectivity index (χ1) is 12.0. The van der Waals surface area contributed by atoms with Crippen molar-refractivity contribution in [1.82, 2.24) is 15.1 Å². The number of rotatable bonds is 2. The van der Waals surface area contributed by atoms with Crippen LogP contribution in [-0.2, 0) is 4.79 Å². The molecule has 3 aliphatic rings. The lowest BCUT2D eigenvalue weighted by molar-refractivity contribution is -0.141. The van der Waals surface area contributed by atoms with Crippen LogP contribution >= 0.6 is 0 Å². The molecular weight excluding hydrogens is 316 g/mol. The smallest absolute Gasteiger partial charge is 0.255 e. The van der Waals surface area contributed by atoms with Gasteiger partial charge in [0.2, 0.25) is 5.91 Å². The Kier molecular flexibility index (Phi) is 3.95. The highest BCUT2D eigenvalue weighted by molar-refractivity contribution is 6.02. The first-order valence-electron chi connectivity index (χ1n) is 9.12. The zero-order valence-corrected chi connectivity index (χ0v) is 14.9. The second-order valence-electron chi connectivity index (χ2n) is 7.82. The lowest BCUT2D eigenvalue weighted by atomic mass is 9.78. The summed E-state index contributed by atoms with van der Waals surface area (Å²) in [5, 5.41) is 6.64. The van der Waals surface area contributed by atoms with Crippen LogP contribution < -0.4 is 10.6 Å². The van der Waals surface area contributed by atoms with Crippen molar-refractivity contribution in [3.63, 3.8) is 0 Å². The number of carbonyl (C=O) groups excluding carboxylic acids is 2. The Morgan fingerprint density at radius 3 is 2.52 bits per heavy atom. The fraction of sp³-hybridized carbons (Fsp3) is 0.579. The fourth-order valence-electron chi connectivity index (χ4n) is 4.19. The summed E-state index contributed by atoms with van der Waals surface area (Å²) < 4.78 is 0. The Hall–Kier alpha value is -2.08. The van der Waals surface area contributed by atoms with E-state index >= 15 is 0 Å². The number of hydrogen-bond acceptors (Lipinski definition) is 4. The van der Waals surface area contributed by atoms with Gasteiger partial charge in [0.15, 0.2) is 0 Å². The number of hydrogen-bond donors (Lipinski definition) is 2. The van der Waals surface area contributed by atoms with E-state index in [1.54, 1.807) is 0 Å². The van der Waals surface area contributed by atoms with E-state index in [1.807, 2.05) is 29.2 Å². The number of para-hydroxylation sites is 1. The van der Waals surface area contributed by atoms with Gasteiger partial charge in [-0.25, -0.2) is 0 Å². The van der Waals surface area contributed by atoms with E-state index in [1.165, 1.54) is 0 Å². The number of nitrogens with zero attached hydrogens (tertiary/aromatic N) is 2. The molecule has 0 radical (unpaired) electrons. The molecule has 1 saturated carbocycles. The molecule has 2 aliphatic heterocycles.